The van der Waals surface area contributed by atoms with Gasteiger partial charge < -0.3 is 10.2 Å². The van der Waals surface area contributed by atoms with E-state index < -0.39 is 10.0 Å². The summed E-state index contributed by atoms with van der Waals surface area (Å²) >= 11 is 1.40. The van der Waals surface area contributed by atoms with E-state index >= 15 is 0 Å². The third-order valence-corrected chi connectivity index (χ3v) is 7.68. The minimum absolute atomic E-state index is 0.0314. The highest BCUT2D eigenvalue weighted by Crippen LogP contribution is 2.28. The summed E-state index contributed by atoms with van der Waals surface area (Å²) in [6.45, 7) is 4.93. The third kappa shape index (κ3) is 3.48. The number of nitrogens with zero attached hydrogens (tertiary/aromatic N) is 2. The summed E-state index contributed by atoms with van der Waals surface area (Å²) in [7, 11) is -1.30. The lowest BCUT2D eigenvalue weighted by Gasteiger charge is -2.36. The zero-order chi connectivity index (χ0) is 15.0. The zero-order valence-corrected chi connectivity index (χ0v) is 14.2. The molecule has 0 radical (unpaired) electrons. The average molecular weight is 329 g/mol. The predicted molar refractivity (Wildman–Crippen MR) is 85.0 cm³/mol. The smallest absolute Gasteiger partial charge is 0.252 e. The van der Waals surface area contributed by atoms with Gasteiger partial charge in [-0.25, -0.2) is 8.42 Å². The van der Waals surface area contributed by atoms with E-state index in [1.807, 2.05) is 20.0 Å². The molecule has 0 bridgehead atoms. The molecule has 1 aromatic rings. The van der Waals surface area contributed by atoms with Crippen molar-refractivity contribution in [3.8, 4) is 0 Å². The van der Waals surface area contributed by atoms with Gasteiger partial charge in [0.1, 0.15) is 4.21 Å². The van der Waals surface area contributed by atoms with Gasteiger partial charge in [-0.3, -0.25) is 0 Å². The van der Waals surface area contributed by atoms with Gasteiger partial charge in [0.25, 0.3) is 10.0 Å². The molecule has 1 aliphatic carbocycles. The van der Waals surface area contributed by atoms with Crippen molar-refractivity contribution < 1.29 is 8.42 Å². The van der Waals surface area contributed by atoms with Crippen LogP contribution in [-0.4, -0.2) is 56.4 Å². The molecule has 0 spiro atoms. The van der Waals surface area contributed by atoms with Gasteiger partial charge in [-0.05, 0) is 38.9 Å². The standard InChI is InChI=1S/C14H23N3O2S2/c1-11-10-16(2)7-8-17(11)21(18,19)14-6-5-13(20-14)9-15-12-3-4-12/h5-6,11-12,15H,3-4,7-10H2,1-2H3. The molecule has 2 aliphatic rings. The maximum atomic E-state index is 12.8. The molecular weight excluding hydrogens is 306 g/mol. The fourth-order valence-electron chi connectivity index (χ4n) is 2.72. The Morgan fingerprint density at radius 1 is 1.33 bits per heavy atom. The first-order valence-electron chi connectivity index (χ1n) is 7.49. The van der Waals surface area contributed by atoms with Gasteiger partial charge in [0.15, 0.2) is 0 Å². The van der Waals surface area contributed by atoms with Gasteiger partial charge in [0, 0.05) is 43.1 Å². The Labute approximate surface area is 131 Å². The van der Waals surface area contributed by atoms with E-state index in [1.54, 1.807) is 10.4 Å². The topological polar surface area (TPSA) is 52.7 Å². The third-order valence-electron chi connectivity index (χ3n) is 4.11. The van der Waals surface area contributed by atoms with E-state index in [9.17, 15) is 8.42 Å². The monoisotopic (exact) mass is 329 g/mol. The Morgan fingerprint density at radius 3 is 2.76 bits per heavy atom. The van der Waals surface area contributed by atoms with Crippen LogP contribution < -0.4 is 5.32 Å². The average Bonchev–Trinajstić information content (AvgIpc) is 3.12. The van der Waals surface area contributed by atoms with E-state index in [2.05, 4.69) is 10.2 Å². The number of hydrogen-bond donors (Lipinski definition) is 1. The quantitative estimate of drug-likeness (QED) is 0.885. The molecule has 1 unspecified atom stereocenters. The van der Waals surface area contributed by atoms with Crippen LogP contribution in [0.2, 0.25) is 0 Å². The summed E-state index contributed by atoms with van der Waals surface area (Å²) in [6, 6.07) is 4.37. The lowest BCUT2D eigenvalue weighted by atomic mass is 10.2. The Morgan fingerprint density at radius 2 is 2.10 bits per heavy atom. The molecule has 1 N–H and O–H groups in total. The Kier molecular flexibility index (Phi) is 4.38. The summed E-state index contributed by atoms with van der Waals surface area (Å²) in [5, 5.41) is 3.43. The molecule has 1 aliphatic heterocycles. The van der Waals surface area contributed by atoms with Crippen molar-refractivity contribution >= 4 is 21.4 Å². The van der Waals surface area contributed by atoms with Gasteiger partial charge in [-0.2, -0.15) is 4.31 Å². The fraction of sp³-hybridized carbons (Fsp3) is 0.714. The van der Waals surface area contributed by atoms with Crippen molar-refractivity contribution in [2.24, 2.45) is 0 Å². The van der Waals surface area contributed by atoms with Gasteiger partial charge >= 0.3 is 0 Å². The molecule has 2 heterocycles. The predicted octanol–water partition coefficient (Wildman–Crippen LogP) is 1.32. The highest BCUT2D eigenvalue weighted by Gasteiger charge is 2.33. The van der Waals surface area contributed by atoms with Gasteiger partial charge in [0.2, 0.25) is 0 Å². The molecule has 118 valence electrons. The van der Waals surface area contributed by atoms with E-state index in [-0.39, 0.29) is 6.04 Å². The number of sulfonamides is 1. The minimum atomic E-state index is -3.34. The molecule has 5 nitrogen and oxygen atoms in total. The van der Waals surface area contributed by atoms with Crippen molar-refractivity contribution in [1.29, 1.82) is 0 Å². The largest absolute Gasteiger partial charge is 0.309 e. The van der Waals surface area contributed by atoms with Crippen LogP contribution in [0.5, 0.6) is 0 Å². The van der Waals surface area contributed by atoms with Crippen LogP contribution in [0.15, 0.2) is 16.3 Å². The van der Waals surface area contributed by atoms with Gasteiger partial charge in [-0.15, -0.1) is 11.3 Å². The Bertz CT molecular complexity index is 595. The summed E-state index contributed by atoms with van der Waals surface area (Å²) in [6.07, 6.45) is 2.49. The molecule has 21 heavy (non-hydrogen) atoms. The molecule has 1 saturated carbocycles. The Hall–Kier alpha value is -0.470. The molecule has 7 heteroatoms. The fourth-order valence-corrected chi connectivity index (χ4v) is 5.77. The van der Waals surface area contributed by atoms with E-state index in [1.165, 1.54) is 24.2 Å². The second-order valence-corrected chi connectivity index (χ2v) is 9.39. The van der Waals surface area contributed by atoms with Crippen LogP contribution in [-0.2, 0) is 16.6 Å². The number of hydrogen-bond acceptors (Lipinski definition) is 5. The number of thiophene rings is 1. The van der Waals surface area contributed by atoms with Crippen LogP contribution in [0, 0.1) is 0 Å². The van der Waals surface area contributed by atoms with Crippen LogP contribution in [0.25, 0.3) is 0 Å². The molecule has 3 rings (SSSR count). The zero-order valence-electron chi connectivity index (χ0n) is 12.6. The first-order valence-corrected chi connectivity index (χ1v) is 9.75. The maximum Gasteiger partial charge on any atom is 0.252 e. The molecule has 2 fully saturated rings. The number of nitrogens with one attached hydrogen (secondary N) is 1. The highest BCUT2D eigenvalue weighted by molar-refractivity contribution is 7.91. The van der Waals surface area contributed by atoms with Crippen molar-refractivity contribution in [3.63, 3.8) is 0 Å². The summed E-state index contributed by atoms with van der Waals surface area (Å²) in [5.41, 5.74) is 0. The lowest BCUT2D eigenvalue weighted by molar-refractivity contribution is 0.170. The summed E-state index contributed by atoms with van der Waals surface area (Å²) < 4.78 is 27.7. The van der Waals surface area contributed by atoms with Crippen molar-refractivity contribution in [1.82, 2.24) is 14.5 Å². The number of rotatable bonds is 5. The van der Waals surface area contributed by atoms with Crippen molar-refractivity contribution in [3.05, 3.63) is 17.0 Å². The van der Waals surface area contributed by atoms with E-state index in [0.717, 1.165) is 24.5 Å². The van der Waals surface area contributed by atoms with Gasteiger partial charge in [-0.1, -0.05) is 0 Å². The first-order chi connectivity index (χ1) is 9.96. The molecule has 0 aromatic carbocycles. The SMILES string of the molecule is CC1CN(C)CCN1S(=O)(=O)c1ccc(CNC2CC2)s1. The Balaban J connectivity index is 1.71. The molecule has 1 saturated heterocycles. The molecule has 1 atom stereocenters. The van der Waals surface area contributed by atoms with Crippen molar-refractivity contribution in [2.45, 2.75) is 42.6 Å². The van der Waals surface area contributed by atoms with Crippen LogP contribution >= 0.6 is 11.3 Å². The van der Waals surface area contributed by atoms with Crippen LogP contribution in [0.3, 0.4) is 0 Å². The van der Waals surface area contributed by atoms with Crippen LogP contribution in [0.1, 0.15) is 24.6 Å². The van der Waals surface area contributed by atoms with Crippen LogP contribution in [0.4, 0.5) is 0 Å². The second kappa shape index (κ2) is 5.96. The first kappa shape index (κ1) is 15.4. The molecule has 0 amide bonds. The van der Waals surface area contributed by atoms with E-state index in [0.29, 0.717) is 16.8 Å². The maximum absolute atomic E-state index is 12.8. The number of likely N-dealkylation sites (N-methyl/N-ethyl adjacent to an activating group) is 1. The molecule has 1 aromatic heterocycles. The summed E-state index contributed by atoms with van der Waals surface area (Å²) in [5.74, 6) is 0. The molecular formula is C14H23N3O2S2. The summed E-state index contributed by atoms with van der Waals surface area (Å²) in [4.78, 5) is 3.28. The van der Waals surface area contributed by atoms with Gasteiger partial charge in [0.05, 0.1) is 0 Å². The van der Waals surface area contributed by atoms with Crippen molar-refractivity contribution in [2.75, 3.05) is 26.7 Å². The number of piperazine rings is 1. The second-order valence-electron chi connectivity index (χ2n) is 6.10. The minimum Gasteiger partial charge on any atom is -0.309 e. The highest BCUT2D eigenvalue weighted by atomic mass is 32.2. The normalized spacial score (nSPS) is 25.3. The lowest BCUT2D eigenvalue weighted by Crippen LogP contribution is -2.52. The van der Waals surface area contributed by atoms with E-state index in [4.69, 9.17) is 0 Å².